The molecule has 0 bridgehead atoms. The molecule has 1 aromatic heterocycles. The summed E-state index contributed by atoms with van der Waals surface area (Å²) in [7, 11) is 0. The Hall–Kier alpha value is -1.00. The summed E-state index contributed by atoms with van der Waals surface area (Å²) >= 11 is 3.82. The van der Waals surface area contributed by atoms with E-state index in [1.54, 1.807) is 0 Å². The van der Waals surface area contributed by atoms with E-state index >= 15 is 0 Å². The van der Waals surface area contributed by atoms with Crippen molar-refractivity contribution in [2.45, 2.75) is 12.2 Å². The fraction of sp³-hybridized carbons (Fsp3) is 0.250. The van der Waals surface area contributed by atoms with Gasteiger partial charge in [-0.15, -0.1) is 11.3 Å². The minimum absolute atomic E-state index is 0.806. The average molecular weight is 248 g/mol. The van der Waals surface area contributed by atoms with Crippen LogP contribution in [-0.4, -0.2) is 10.7 Å². The minimum atomic E-state index is 0.806. The normalized spacial score (nSPS) is 14.8. The standard InChI is InChI=1S/C12H12N2S2/c13-9-3-1-8(2-4-9)12-14-10-5-6-15-7-11(10)16-12/h1-4H,5-7,13H2. The van der Waals surface area contributed by atoms with Crippen molar-refractivity contribution in [3.63, 3.8) is 0 Å². The lowest BCUT2D eigenvalue weighted by Crippen LogP contribution is -1.99. The molecular weight excluding hydrogens is 236 g/mol. The molecular formula is C12H12N2S2. The Morgan fingerprint density at radius 2 is 2.00 bits per heavy atom. The Bertz CT molecular complexity index is 479. The minimum Gasteiger partial charge on any atom is -0.399 e. The van der Waals surface area contributed by atoms with Crippen LogP contribution in [0.3, 0.4) is 0 Å². The fourth-order valence-electron chi connectivity index (χ4n) is 1.77. The van der Waals surface area contributed by atoms with Crippen LogP contribution in [0.1, 0.15) is 10.6 Å². The number of fused-ring (bicyclic) bond motifs is 1. The molecule has 0 saturated heterocycles. The van der Waals surface area contributed by atoms with Crippen molar-refractivity contribution in [3.8, 4) is 10.6 Å². The van der Waals surface area contributed by atoms with E-state index < -0.39 is 0 Å². The molecule has 1 aliphatic rings. The number of aryl methyl sites for hydroxylation is 1. The number of rotatable bonds is 1. The fourth-order valence-corrected chi connectivity index (χ4v) is 4.00. The molecule has 1 aliphatic heterocycles. The maximum Gasteiger partial charge on any atom is 0.123 e. The zero-order valence-corrected chi connectivity index (χ0v) is 10.4. The maximum absolute atomic E-state index is 5.68. The van der Waals surface area contributed by atoms with Gasteiger partial charge in [-0.05, 0) is 36.4 Å². The van der Waals surface area contributed by atoms with E-state index in [0.717, 1.165) is 22.9 Å². The van der Waals surface area contributed by atoms with Gasteiger partial charge in [-0.2, -0.15) is 11.8 Å². The highest BCUT2D eigenvalue weighted by atomic mass is 32.2. The largest absolute Gasteiger partial charge is 0.399 e. The number of nitrogen functional groups attached to an aromatic ring is 1. The predicted molar refractivity (Wildman–Crippen MR) is 71.8 cm³/mol. The van der Waals surface area contributed by atoms with Crippen molar-refractivity contribution in [2.75, 3.05) is 11.5 Å². The lowest BCUT2D eigenvalue weighted by molar-refractivity contribution is 1.03. The lowest BCUT2D eigenvalue weighted by atomic mass is 10.2. The molecule has 82 valence electrons. The van der Waals surface area contributed by atoms with Crippen LogP contribution in [0.5, 0.6) is 0 Å². The molecule has 0 saturated carbocycles. The first-order valence-electron chi connectivity index (χ1n) is 5.25. The lowest BCUT2D eigenvalue weighted by Gasteiger charge is -2.06. The number of nitrogens with two attached hydrogens (primary N) is 1. The quantitative estimate of drug-likeness (QED) is 0.788. The average Bonchev–Trinajstić information content (AvgIpc) is 2.73. The molecule has 0 atom stereocenters. The highest BCUT2D eigenvalue weighted by Gasteiger charge is 2.15. The first-order valence-corrected chi connectivity index (χ1v) is 7.22. The third-order valence-corrected chi connectivity index (χ3v) is 4.97. The van der Waals surface area contributed by atoms with Gasteiger partial charge in [-0.1, -0.05) is 0 Å². The Morgan fingerprint density at radius 1 is 1.19 bits per heavy atom. The maximum atomic E-state index is 5.68. The van der Waals surface area contributed by atoms with E-state index in [1.807, 2.05) is 47.4 Å². The highest BCUT2D eigenvalue weighted by Crippen LogP contribution is 2.34. The highest BCUT2D eigenvalue weighted by molar-refractivity contribution is 7.98. The third kappa shape index (κ3) is 1.83. The van der Waals surface area contributed by atoms with Gasteiger partial charge < -0.3 is 5.73 Å². The molecule has 4 heteroatoms. The molecule has 2 N–H and O–H groups in total. The monoisotopic (exact) mass is 248 g/mol. The summed E-state index contributed by atoms with van der Waals surface area (Å²) in [5, 5.41) is 1.13. The van der Waals surface area contributed by atoms with E-state index in [-0.39, 0.29) is 0 Å². The van der Waals surface area contributed by atoms with Gasteiger partial charge >= 0.3 is 0 Å². The molecule has 0 aliphatic carbocycles. The van der Waals surface area contributed by atoms with Crippen LogP contribution in [0.4, 0.5) is 5.69 Å². The first kappa shape index (κ1) is 10.2. The summed E-state index contributed by atoms with van der Waals surface area (Å²) in [5.74, 6) is 2.33. The van der Waals surface area contributed by atoms with Crippen molar-refractivity contribution >= 4 is 28.8 Å². The van der Waals surface area contributed by atoms with Gasteiger partial charge in [-0.25, -0.2) is 4.98 Å². The zero-order chi connectivity index (χ0) is 11.0. The summed E-state index contributed by atoms with van der Waals surface area (Å²) in [5.41, 5.74) is 8.97. The van der Waals surface area contributed by atoms with Crippen LogP contribution < -0.4 is 5.73 Å². The molecule has 0 amide bonds. The van der Waals surface area contributed by atoms with E-state index in [0.29, 0.717) is 0 Å². The Balaban J connectivity index is 2.00. The van der Waals surface area contributed by atoms with Gasteiger partial charge in [0.25, 0.3) is 0 Å². The summed E-state index contributed by atoms with van der Waals surface area (Å²) in [6, 6.07) is 7.97. The first-order chi connectivity index (χ1) is 7.83. The number of thioether (sulfide) groups is 1. The Morgan fingerprint density at radius 3 is 2.75 bits per heavy atom. The van der Waals surface area contributed by atoms with Crippen molar-refractivity contribution < 1.29 is 0 Å². The van der Waals surface area contributed by atoms with Gasteiger partial charge in [0.1, 0.15) is 5.01 Å². The van der Waals surface area contributed by atoms with Crippen LogP contribution in [-0.2, 0) is 12.2 Å². The van der Waals surface area contributed by atoms with Gasteiger partial charge in [0.15, 0.2) is 0 Å². The number of nitrogens with zero attached hydrogens (tertiary/aromatic N) is 1. The van der Waals surface area contributed by atoms with Gasteiger partial charge in [-0.3, -0.25) is 0 Å². The van der Waals surface area contributed by atoms with Crippen molar-refractivity contribution in [1.82, 2.24) is 4.98 Å². The summed E-state index contributed by atoms with van der Waals surface area (Å²) in [4.78, 5) is 6.16. The second kappa shape index (κ2) is 4.11. The molecule has 0 fully saturated rings. The number of benzene rings is 1. The Labute approximate surface area is 103 Å². The van der Waals surface area contributed by atoms with Crippen LogP contribution in [0.15, 0.2) is 24.3 Å². The predicted octanol–water partition coefficient (Wildman–Crippen LogP) is 3.18. The van der Waals surface area contributed by atoms with E-state index in [1.165, 1.54) is 21.9 Å². The van der Waals surface area contributed by atoms with Gasteiger partial charge in [0.05, 0.1) is 5.69 Å². The molecule has 1 aromatic carbocycles. The molecule has 2 heterocycles. The van der Waals surface area contributed by atoms with E-state index in [2.05, 4.69) is 0 Å². The molecule has 2 aromatic rings. The van der Waals surface area contributed by atoms with Crippen LogP contribution in [0.2, 0.25) is 0 Å². The van der Waals surface area contributed by atoms with Crippen molar-refractivity contribution in [3.05, 3.63) is 34.8 Å². The van der Waals surface area contributed by atoms with Crippen molar-refractivity contribution in [1.29, 1.82) is 0 Å². The SMILES string of the molecule is Nc1ccc(-c2nc3c(s2)CSCC3)cc1. The molecule has 3 rings (SSSR count). The number of hydrogen-bond acceptors (Lipinski definition) is 4. The molecule has 0 radical (unpaired) electrons. The van der Waals surface area contributed by atoms with Crippen LogP contribution in [0.25, 0.3) is 10.6 Å². The molecule has 16 heavy (non-hydrogen) atoms. The Kier molecular flexibility index (Phi) is 2.61. The second-order valence-electron chi connectivity index (χ2n) is 3.81. The summed E-state index contributed by atoms with van der Waals surface area (Å²) in [6.45, 7) is 0. The summed E-state index contributed by atoms with van der Waals surface area (Å²) in [6.07, 6.45) is 1.12. The topological polar surface area (TPSA) is 38.9 Å². The second-order valence-corrected chi connectivity index (χ2v) is 6.00. The van der Waals surface area contributed by atoms with Gasteiger partial charge in [0.2, 0.25) is 0 Å². The zero-order valence-electron chi connectivity index (χ0n) is 8.77. The number of anilines is 1. The molecule has 0 spiro atoms. The van der Waals surface area contributed by atoms with Crippen LogP contribution in [0, 0.1) is 0 Å². The third-order valence-electron chi connectivity index (χ3n) is 2.65. The molecule has 2 nitrogen and oxygen atoms in total. The van der Waals surface area contributed by atoms with E-state index in [9.17, 15) is 0 Å². The molecule has 0 unspecified atom stereocenters. The van der Waals surface area contributed by atoms with E-state index in [4.69, 9.17) is 10.7 Å². The number of thiazole rings is 1. The number of hydrogen-bond donors (Lipinski definition) is 1. The smallest absolute Gasteiger partial charge is 0.123 e. The number of aromatic nitrogens is 1. The summed E-state index contributed by atoms with van der Waals surface area (Å²) < 4.78 is 0. The van der Waals surface area contributed by atoms with Crippen molar-refractivity contribution in [2.24, 2.45) is 0 Å². The van der Waals surface area contributed by atoms with Gasteiger partial charge in [0, 0.05) is 21.9 Å². The van der Waals surface area contributed by atoms with Crippen LogP contribution >= 0.6 is 23.1 Å².